The molecule has 0 aliphatic carbocycles. The van der Waals surface area contributed by atoms with Crippen LogP contribution in [0.25, 0.3) is 6.08 Å². The van der Waals surface area contributed by atoms with Gasteiger partial charge in [0.1, 0.15) is 5.03 Å². The molecule has 5 heteroatoms. The molecule has 0 spiro atoms. The Morgan fingerprint density at radius 1 is 1.28 bits per heavy atom. The summed E-state index contributed by atoms with van der Waals surface area (Å²) in [6.45, 7) is 0. The Morgan fingerprint density at radius 3 is 3.06 bits per heavy atom. The number of hydrogen-bond acceptors (Lipinski definition) is 5. The normalized spacial score (nSPS) is 12.4. The van der Waals surface area contributed by atoms with E-state index in [1.807, 2.05) is 24.3 Å². The lowest BCUT2D eigenvalue weighted by Crippen LogP contribution is -2.03. The van der Waals surface area contributed by atoms with E-state index in [0.29, 0.717) is 0 Å². The van der Waals surface area contributed by atoms with E-state index < -0.39 is 0 Å². The van der Waals surface area contributed by atoms with Crippen molar-refractivity contribution in [2.45, 2.75) is 9.92 Å². The number of nitrogens with zero attached hydrogens (tertiary/aromatic N) is 3. The molecule has 0 saturated carbocycles. The highest BCUT2D eigenvalue weighted by atomic mass is 32.2. The molecule has 0 amide bonds. The second-order valence-electron chi connectivity index (χ2n) is 3.66. The Hall–Kier alpha value is -2.32. The molecule has 0 bridgehead atoms. The minimum absolute atomic E-state index is 0.774. The molecular weight excluding hydrogens is 244 g/mol. The van der Waals surface area contributed by atoms with Crippen LogP contribution in [0.5, 0.6) is 0 Å². The van der Waals surface area contributed by atoms with Gasteiger partial charge >= 0.3 is 0 Å². The van der Waals surface area contributed by atoms with Crippen LogP contribution in [0.4, 0.5) is 11.5 Å². The zero-order chi connectivity index (χ0) is 12.4. The monoisotopic (exact) mass is 252 g/mol. The van der Waals surface area contributed by atoms with Crippen molar-refractivity contribution in [3.63, 3.8) is 0 Å². The van der Waals surface area contributed by atoms with Gasteiger partial charge in [0.15, 0.2) is 5.82 Å². The van der Waals surface area contributed by atoms with Gasteiger partial charge in [0, 0.05) is 23.4 Å². The lowest BCUT2D eigenvalue weighted by Gasteiger charge is -2.18. The zero-order valence-electron chi connectivity index (χ0n) is 9.29. The Kier molecular flexibility index (Phi) is 2.71. The van der Waals surface area contributed by atoms with E-state index in [1.54, 1.807) is 30.2 Å². The van der Waals surface area contributed by atoms with Crippen molar-refractivity contribution in [2.75, 3.05) is 5.32 Å². The fraction of sp³-hybridized carbons (Fsp3) is 0. The SMILES string of the molecule is N#CC=Cc1ccc2c(c1)Nc1nccnc1S2. The van der Waals surface area contributed by atoms with Crippen LogP contribution in [0.15, 0.2) is 46.6 Å². The van der Waals surface area contributed by atoms with Gasteiger partial charge in [-0.15, -0.1) is 0 Å². The first-order chi connectivity index (χ1) is 8.86. The van der Waals surface area contributed by atoms with E-state index in [-0.39, 0.29) is 0 Å². The minimum Gasteiger partial charge on any atom is -0.337 e. The van der Waals surface area contributed by atoms with Gasteiger partial charge in [-0.3, -0.25) is 0 Å². The van der Waals surface area contributed by atoms with E-state index in [0.717, 1.165) is 27.0 Å². The molecule has 0 atom stereocenters. The summed E-state index contributed by atoms with van der Waals surface area (Å²) >= 11 is 1.59. The molecule has 0 unspecified atom stereocenters. The average Bonchev–Trinajstić information content (AvgIpc) is 2.42. The summed E-state index contributed by atoms with van der Waals surface area (Å²) in [6, 6.07) is 7.97. The molecule has 1 aromatic carbocycles. The average molecular weight is 252 g/mol. The van der Waals surface area contributed by atoms with Crippen LogP contribution in [-0.2, 0) is 0 Å². The predicted molar refractivity (Wildman–Crippen MR) is 70.5 cm³/mol. The summed E-state index contributed by atoms with van der Waals surface area (Å²) in [5, 5.41) is 12.6. The Balaban J connectivity index is 1.99. The molecule has 0 fully saturated rings. The van der Waals surface area contributed by atoms with Crippen LogP contribution in [-0.4, -0.2) is 9.97 Å². The summed E-state index contributed by atoms with van der Waals surface area (Å²) in [5.74, 6) is 0.774. The van der Waals surface area contributed by atoms with Crippen molar-refractivity contribution < 1.29 is 0 Å². The molecule has 1 aromatic heterocycles. The van der Waals surface area contributed by atoms with Crippen LogP contribution in [0.2, 0.25) is 0 Å². The lowest BCUT2D eigenvalue weighted by atomic mass is 10.2. The Bertz CT molecular complexity index is 673. The summed E-state index contributed by atoms with van der Waals surface area (Å²) in [6.07, 6.45) is 6.59. The highest BCUT2D eigenvalue weighted by Gasteiger charge is 2.17. The quantitative estimate of drug-likeness (QED) is 0.674. The van der Waals surface area contributed by atoms with Crippen molar-refractivity contribution >= 4 is 29.3 Å². The van der Waals surface area contributed by atoms with Crippen molar-refractivity contribution in [1.29, 1.82) is 5.26 Å². The van der Waals surface area contributed by atoms with Gasteiger partial charge in [0.2, 0.25) is 0 Å². The van der Waals surface area contributed by atoms with Crippen LogP contribution in [0.3, 0.4) is 0 Å². The van der Waals surface area contributed by atoms with Gasteiger partial charge in [0.25, 0.3) is 0 Å². The molecule has 2 aromatic rings. The number of rotatable bonds is 1. The molecule has 3 rings (SSSR count). The zero-order valence-corrected chi connectivity index (χ0v) is 10.1. The summed E-state index contributed by atoms with van der Waals surface area (Å²) in [5.41, 5.74) is 1.98. The molecule has 0 radical (unpaired) electrons. The smallest absolute Gasteiger partial charge is 0.163 e. The third-order valence-corrected chi connectivity index (χ3v) is 3.55. The number of benzene rings is 1. The molecule has 1 aliphatic heterocycles. The number of anilines is 2. The Labute approximate surface area is 108 Å². The van der Waals surface area contributed by atoms with E-state index in [1.165, 1.54) is 6.08 Å². The van der Waals surface area contributed by atoms with Crippen LogP contribution in [0, 0.1) is 11.3 Å². The predicted octanol–water partition coefficient (Wildman–Crippen LogP) is 3.22. The minimum atomic E-state index is 0.774. The molecular formula is C13H8N4S. The second-order valence-corrected chi connectivity index (χ2v) is 4.69. The number of hydrogen-bond donors (Lipinski definition) is 1. The first-order valence-corrected chi connectivity index (χ1v) is 6.14. The molecule has 18 heavy (non-hydrogen) atoms. The maximum absolute atomic E-state index is 8.52. The number of aromatic nitrogens is 2. The number of fused-ring (bicyclic) bond motifs is 2. The van der Waals surface area contributed by atoms with Gasteiger partial charge in [-0.2, -0.15) is 5.26 Å². The van der Waals surface area contributed by atoms with E-state index in [2.05, 4.69) is 15.3 Å². The standard InChI is InChI=1S/C13H8N4S/c14-5-1-2-9-3-4-11-10(8-9)17-12-13(18-11)16-7-6-15-12/h1-4,6-8H,(H,15,17). The van der Waals surface area contributed by atoms with Gasteiger partial charge in [-0.1, -0.05) is 17.8 Å². The lowest BCUT2D eigenvalue weighted by molar-refractivity contribution is 1.05. The molecule has 86 valence electrons. The molecule has 1 N–H and O–H groups in total. The van der Waals surface area contributed by atoms with Crippen molar-refractivity contribution in [3.05, 3.63) is 42.2 Å². The Morgan fingerprint density at radius 2 is 2.17 bits per heavy atom. The maximum Gasteiger partial charge on any atom is 0.163 e. The third kappa shape index (κ3) is 1.94. The third-order valence-electron chi connectivity index (χ3n) is 2.48. The highest BCUT2D eigenvalue weighted by Crippen LogP contribution is 2.42. The topological polar surface area (TPSA) is 61.6 Å². The number of allylic oxidation sites excluding steroid dienone is 1. The number of nitriles is 1. The largest absolute Gasteiger partial charge is 0.337 e. The van der Waals surface area contributed by atoms with E-state index in [9.17, 15) is 0 Å². The van der Waals surface area contributed by atoms with Gasteiger partial charge < -0.3 is 5.32 Å². The molecule has 2 heterocycles. The fourth-order valence-electron chi connectivity index (χ4n) is 1.69. The van der Waals surface area contributed by atoms with Gasteiger partial charge in [-0.25, -0.2) is 9.97 Å². The summed E-state index contributed by atoms with van der Waals surface area (Å²) < 4.78 is 0. The number of nitrogens with one attached hydrogen (secondary N) is 1. The van der Waals surface area contributed by atoms with Crippen molar-refractivity contribution in [1.82, 2.24) is 9.97 Å². The molecule has 4 nitrogen and oxygen atoms in total. The fourth-order valence-corrected chi connectivity index (χ4v) is 2.57. The summed E-state index contributed by atoms with van der Waals surface area (Å²) in [4.78, 5) is 9.62. The second kappa shape index (κ2) is 4.51. The molecule has 0 saturated heterocycles. The molecule has 1 aliphatic rings. The first-order valence-electron chi connectivity index (χ1n) is 5.33. The van der Waals surface area contributed by atoms with Crippen molar-refractivity contribution in [2.24, 2.45) is 0 Å². The van der Waals surface area contributed by atoms with Crippen LogP contribution < -0.4 is 5.32 Å². The highest BCUT2D eigenvalue weighted by molar-refractivity contribution is 7.99. The summed E-state index contributed by atoms with van der Waals surface area (Å²) in [7, 11) is 0. The van der Waals surface area contributed by atoms with Gasteiger partial charge in [0.05, 0.1) is 11.8 Å². The van der Waals surface area contributed by atoms with Gasteiger partial charge in [-0.05, 0) is 23.8 Å². The maximum atomic E-state index is 8.52. The van der Waals surface area contributed by atoms with E-state index >= 15 is 0 Å². The van der Waals surface area contributed by atoms with Crippen LogP contribution >= 0.6 is 11.8 Å². The van der Waals surface area contributed by atoms with Crippen molar-refractivity contribution in [3.8, 4) is 6.07 Å². The first kappa shape index (κ1) is 10.8. The van der Waals surface area contributed by atoms with E-state index in [4.69, 9.17) is 5.26 Å². The van der Waals surface area contributed by atoms with Crippen LogP contribution in [0.1, 0.15) is 5.56 Å².